The van der Waals surface area contributed by atoms with Gasteiger partial charge in [0.25, 0.3) is 0 Å². The van der Waals surface area contributed by atoms with E-state index < -0.39 is 12.6 Å². The molecule has 0 fully saturated rings. The SMILES string of the molecule is O=C([O-])COc1ccc(-c2nnn[n-]2)cc1. The Morgan fingerprint density at radius 1 is 1.38 bits per heavy atom. The largest absolute Gasteiger partial charge is 0.546 e. The molecule has 82 valence electrons. The second-order valence-corrected chi connectivity index (χ2v) is 2.89. The number of nitrogens with zero attached hydrogens (tertiary/aromatic N) is 4. The summed E-state index contributed by atoms with van der Waals surface area (Å²) in [5.74, 6) is -0.427. The number of ether oxygens (including phenoxy) is 1. The van der Waals surface area contributed by atoms with Crippen molar-refractivity contribution in [2.45, 2.75) is 0 Å². The van der Waals surface area contributed by atoms with Crippen molar-refractivity contribution in [3.8, 4) is 17.1 Å². The molecule has 2 aromatic rings. The van der Waals surface area contributed by atoms with Gasteiger partial charge >= 0.3 is 0 Å². The Bertz CT molecular complexity index is 466. The van der Waals surface area contributed by atoms with Crippen LogP contribution in [0.15, 0.2) is 24.3 Å². The summed E-state index contributed by atoms with van der Waals surface area (Å²) < 4.78 is 4.91. The van der Waals surface area contributed by atoms with Crippen molar-refractivity contribution in [1.29, 1.82) is 0 Å². The number of carboxylic acids is 1. The minimum absolute atomic E-state index is 0.409. The fourth-order valence-electron chi connectivity index (χ4n) is 1.10. The molecular weight excluding hydrogens is 212 g/mol. The highest BCUT2D eigenvalue weighted by Gasteiger charge is 1.97. The quantitative estimate of drug-likeness (QED) is 0.623. The van der Waals surface area contributed by atoms with Gasteiger partial charge in [-0.25, -0.2) is 0 Å². The molecule has 0 N–H and O–H groups in total. The van der Waals surface area contributed by atoms with Crippen LogP contribution in [-0.4, -0.2) is 28.1 Å². The summed E-state index contributed by atoms with van der Waals surface area (Å²) >= 11 is 0. The molecule has 1 heterocycles. The van der Waals surface area contributed by atoms with Crippen LogP contribution in [0.1, 0.15) is 0 Å². The molecule has 0 amide bonds. The predicted molar refractivity (Wildman–Crippen MR) is 49.1 cm³/mol. The van der Waals surface area contributed by atoms with E-state index in [1.165, 1.54) is 0 Å². The summed E-state index contributed by atoms with van der Waals surface area (Å²) in [5, 5.41) is 24.2. The Labute approximate surface area is 90.1 Å². The van der Waals surface area contributed by atoms with E-state index in [-0.39, 0.29) is 0 Å². The number of benzene rings is 1. The van der Waals surface area contributed by atoms with Crippen LogP contribution in [0, 0.1) is 0 Å². The summed E-state index contributed by atoms with van der Waals surface area (Å²) in [5.41, 5.74) is 0.728. The number of aromatic nitrogens is 4. The van der Waals surface area contributed by atoms with E-state index >= 15 is 0 Å². The van der Waals surface area contributed by atoms with Crippen molar-refractivity contribution in [3.05, 3.63) is 24.3 Å². The average Bonchev–Trinajstić information content (AvgIpc) is 2.80. The van der Waals surface area contributed by atoms with E-state index in [1.54, 1.807) is 24.3 Å². The van der Waals surface area contributed by atoms with Gasteiger partial charge in [0.1, 0.15) is 12.4 Å². The van der Waals surface area contributed by atoms with Crippen molar-refractivity contribution in [2.75, 3.05) is 6.61 Å². The molecule has 1 aromatic carbocycles. The van der Waals surface area contributed by atoms with E-state index in [2.05, 4.69) is 20.6 Å². The zero-order valence-corrected chi connectivity index (χ0v) is 8.03. The van der Waals surface area contributed by atoms with Gasteiger partial charge in [0.15, 0.2) is 0 Å². The lowest BCUT2D eigenvalue weighted by atomic mass is 10.2. The van der Waals surface area contributed by atoms with Crippen molar-refractivity contribution in [3.63, 3.8) is 0 Å². The van der Waals surface area contributed by atoms with E-state index in [1.807, 2.05) is 0 Å². The lowest BCUT2D eigenvalue weighted by molar-refractivity contribution is -0.307. The summed E-state index contributed by atoms with van der Waals surface area (Å²) in [6, 6.07) is 6.58. The lowest BCUT2D eigenvalue weighted by Gasteiger charge is -2.07. The number of carboxylic acid groups (broad SMARTS) is 1. The van der Waals surface area contributed by atoms with Gasteiger partial charge in [-0.2, -0.15) is 5.21 Å². The zero-order chi connectivity index (χ0) is 11.4. The first-order valence-electron chi connectivity index (χ1n) is 4.37. The number of hydrogen-bond acceptors (Lipinski definition) is 6. The molecule has 0 radical (unpaired) electrons. The maximum absolute atomic E-state index is 10.2. The highest BCUT2D eigenvalue weighted by Crippen LogP contribution is 2.17. The predicted octanol–water partition coefficient (Wildman–Crippen LogP) is -1.38. The molecule has 16 heavy (non-hydrogen) atoms. The summed E-state index contributed by atoms with van der Waals surface area (Å²) in [4.78, 5) is 10.2. The average molecular weight is 218 g/mol. The van der Waals surface area contributed by atoms with E-state index in [9.17, 15) is 9.90 Å². The van der Waals surface area contributed by atoms with Crippen LogP contribution in [0.3, 0.4) is 0 Å². The lowest BCUT2D eigenvalue weighted by Crippen LogP contribution is -2.28. The normalized spacial score (nSPS) is 10.0. The third kappa shape index (κ3) is 2.32. The fourth-order valence-corrected chi connectivity index (χ4v) is 1.10. The van der Waals surface area contributed by atoms with E-state index in [4.69, 9.17) is 4.74 Å². The maximum Gasteiger partial charge on any atom is 0.128 e. The van der Waals surface area contributed by atoms with Gasteiger partial charge in [0.05, 0.1) is 5.97 Å². The number of rotatable bonds is 4. The first kappa shape index (κ1) is 10.1. The second-order valence-electron chi connectivity index (χ2n) is 2.89. The fraction of sp³-hybridized carbons (Fsp3) is 0.111. The van der Waals surface area contributed by atoms with Gasteiger partial charge in [-0.1, -0.05) is 12.1 Å². The smallest absolute Gasteiger partial charge is 0.128 e. The maximum atomic E-state index is 10.2. The van der Waals surface area contributed by atoms with Gasteiger partial charge in [0, 0.05) is 5.82 Å². The van der Waals surface area contributed by atoms with Crippen LogP contribution in [0.25, 0.3) is 11.4 Å². The van der Waals surface area contributed by atoms with Gasteiger partial charge in [-0.05, 0) is 17.7 Å². The van der Waals surface area contributed by atoms with Crippen LogP contribution in [-0.2, 0) is 4.79 Å². The Morgan fingerprint density at radius 2 is 2.12 bits per heavy atom. The summed E-state index contributed by atoms with van der Waals surface area (Å²) in [7, 11) is 0. The third-order valence-electron chi connectivity index (χ3n) is 1.79. The number of tetrazole rings is 1. The molecule has 0 unspecified atom stereocenters. The minimum atomic E-state index is -1.27. The van der Waals surface area contributed by atoms with Gasteiger partial charge in [0.2, 0.25) is 0 Å². The van der Waals surface area contributed by atoms with E-state index in [0.717, 1.165) is 5.56 Å². The molecule has 0 saturated heterocycles. The third-order valence-corrected chi connectivity index (χ3v) is 1.79. The van der Waals surface area contributed by atoms with Crippen LogP contribution in [0.5, 0.6) is 5.75 Å². The number of carbonyl (C=O) groups excluding carboxylic acids is 1. The molecule has 0 aliphatic carbocycles. The van der Waals surface area contributed by atoms with Crippen LogP contribution < -0.4 is 14.9 Å². The van der Waals surface area contributed by atoms with Crippen LogP contribution in [0.4, 0.5) is 0 Å². The first-order chi connectivity index (χ1) is 7.75. The Balaban J connectivity index is 2.08. The van der Waals surface area contributed by atoms with Crippen molar-refractivity contribution in [2.24, 2.45) is 0 Å². The van der Waals surface area contributed by atoms with Crippen LogP contribution in [0.2, 0.25) is 0 Å². The minimum Gasteiger partial charge on any atom is -0.546 e. The standard InChI is InChI=1S/C9H8N4O3/c14-8(15)5-16-7-3-1-6(2-4-7)9-10-12-13-11-9/h1-4H,5H2,(H2,10,11,12,13,14,15)/p-2. The highest BCUT2D eigenvalue weighted by molar-refractivity contribution is 5.66. The molecule has 0 aliphatic rings. The zero-order valence-electron chi connectivity index (χ0n) is 8.03. The van der Waals surface area contributed by atoms with Crippen LogP contribution >= 0.6 is 0 Å². The molecule has 7 nitrogen and oxygen atoms in total. The Kier molecular flexibility index (Phi) is 2.77. The number of carbonyl (C=O) groups is 1. The molecule has 2 rings (SSSR count). The van der Waals surface area contributed by atoms with Gasteiger partial charge < -0.3 is 19.7 Å². The molecule has 7 heteroatoms. The topological polar surface area (TPSA) is 102 Å². The molecule has 0 spiro atoms. The van der Waals surface area contributed by atoms with Gasteiger partial charge in [-0.3, -0.25) is 10.3 Å². The number of aliphatic carboxylic acids is 1. The Hall–Kier alpha value is -2.44. The van der Waals surface area contributed by atoms with Crippen molar-refractivity contribution in [1.82, 2.24) is 20.6 Å². The monoisotopic (exact) mass is 218 g/mol. The molecule has 0 bridgehead atoms. The molecule has 1 aromatic heterocycles. The van der Waals surface area contributed by atoms with E-state index in [0.29, 0.717) is 11.6 Å². The van der Waals surface area contributed by atoms with Gasteiger partial charge in [-0.15, -0.1) is 0 Å². The highest BCUT2D eigenvalue weighted by atomic mass is 16.5. The molecule has 0 atom stereocenters. The van der Waals surface area contributed by atoms with Crippen molar-refractivity contribution < 1.29 is 14.6 Å². The Morgan fingerprint density at radius 3 is 2.69 bits per heavy atom. The summed E-state index contributed by atoms with van der Waals surface area (Å²) in [6.07, 6.45) is 0. The van der Waals surface area contributed by atoms with Crippen molar-refractivity contribution >= 4 is 5.97 Å². The molecule has 0 aliphatic heterocycles. The second kappa shape index (κ2) is 4.39. The number of hydrogen-bond donors (Lipinski definition) is 0. The molecule has 0 saturated carbocycles. The molecular formula is C9H6N4O3-2. The first-order valence-corrected chi connectivity index (χ1v) is 4.37. The summed E-state index contributed by atoms with van der Waals surface area (Å²) in [6.45, 7) is -0.477.